The van der Waals surface area contributed by atoms with Gasteiger partial charge < -0.3 is 19.4 Å². The van der Waals surface area contributed by atoms with Gasteiger partial charge in [-0.3, -0.25) is 4.79 Å². The minimum Gasteiger partial charge on any atom is -0.463 e. The number of hydrogen-bond donors (Lipinski definition) is 1. The van der Waals surface area contributed by atoms with Crippen LogP contribution in [0.15, 0.2) is 34.9 Å². The van der Waals surface area contributed by atoms with Gasteiger partial charge >= 0.3 is 0 Å². The molecule has 106 valence electrons. The Morgan fingerprint density at radius 1 is 1.45 bits per heavy atom. The van der Waals surface area contributed by atoms with Crippen molar-refractivity contribution in [3.05, 3.63) is 36.1 Å². The summed E-state index contributed by atoms with van der Waals surface area (Å²) in [6.07, 6.45) is 1.60. The fraction of sp³-hybridized carbons (Fsp3) is 0.400. The molecule has 0 saturated carbocycles. The molecule has 0 aliphatic carbocycles. The fourth-order valence-electron chi connectivity index (χ4n) is 2.57. The van der Waals surface area contributed by atoms with Crippen LogP contribution in [0.3, 0.4) is 0 Å². The van der Waals surface area contributed by atoms with Crippen LogP contribution in [0.5, 0.6) is 0 Å². The molecular formula is C15H18N2O3. The second-order valence-electron chi connectivity index (χ2n) is 4.95. The SMILES string of the molecule is CNCC1CN(C(=O)c2coc3ccccc23)CCO1. The van der Waals surface area contributed by atoms with Crippen LogP contribution in [0.2, 0.25) is 0 Å². The summed E-state index contributed by atoms with van der Waals surface area (Å²) >= 11 is 0. The molecule has 5 heteroatoms. The number of amides is 1. The van der Waals surface area contributed by atoms with E-state index in [1.165, 1.54) is 0 Å². The number of benzene rings is 1. The Morgan fingerprint density at radius 3 is 3.15 bits per heavy atom. The van der Waals surface area contributed by atoms with Crippen LogP contribution in [0.1, 0.15) is 10.4 Å². The number of furan rings is 1. The lowest BCUT2D eigenvalue weighted by molar-refractivity contribution is -0.0195. The molecule has 2 aromatic rings. The van der Waals surface area contributed by atoms with Crippen molar-refractivity contribution in [2.75, 3.05) is 33.3 Å². The average Bonchev–Trinajstić information content (AvgIpc) is 2.91. The summed E-state index contributed by atoms with van der Waals surface area (Å²) in [5.41, 5.74) is 1.38. The lowest BCUT2D eigenvalue weighted by atomic mass is 10.1. The van der Waals surface area contributed by atoms with Crippen LogP contribution >= 0.6 is 0 Å². The van der Waals surface area contributed by atoms with E-state index < -0.39 is 0 Å². The van der Waals surface area contributed by atoms with E-state index in [9.17, 15) is 4.79 Å². The Bertz CT molecular complexity index is 606. The quantitative estimate of drug-likeness (QED) is 0.921. The van der Waals surface area contributed by atoms with Gasteiger partial charge in [-0.15, -0.1) is 0 Å². The molecule has 5 nitrogen and oxygen atoms in total. The zero-order chi connectivity index (χ0) is 13.9. The van der Waals surface area contributed by atoms with Crippen molar-refractivity contribution in [3.8, 4) is 0 Å². The zero-order valence-corrected chi connectivity index (χ0v) is 11.5. The summed E-state index contributed by atoms with van der Waals surface area (Å²) < 4.78 is 11.1. The van der Waals surface area contributed by atoms with Gasteiger partial charge in [-0.25, -0.2) is 0 Å². The summed E-state index contributed by atoms with van der Waals surface area (Å²) in [6.45, 7) is 2.56. The van der Waals surface area contributed by atoms with Crippen molar-refractivity contribution in [1.29, 1.82) is 0 Å². The number of carbonyl (C=O) groups excluding carboxylic acids is 1. The van der Waals surface area contributed by atoms with Gasteiger partial charge in [0.25, 0.3) is 5.91 Å². The first-order chi connectivity index (χ1) is 9.79. The molecule has 1 N–H and O–H groups in total. The van der Waals surface area contributed by atoms with Gasteiger partial charge in [-0.2, -0.15) is 0 Å². The van der Waals surface area contributed by atoms with Gasteiger partial charge in [-0.05, 0) is 13.1 Å². The fourth-order valence-corrected chi connectivity index (χ4v) is 2.57. The number of para-hydroxylation sites is 1. The van der Waals surface area contributed by atoms with Gasteiger partial charge in [0.1, 0.15) is 11.8 Å². The number of hydrogen-bond acceptors (Lipinski definition) is 4. The maximum Gasteiger partial charge on any atom is 0.257 e. The summed E-state index contributed by atoms with van der Waals surface area (Å²) in [7, 11) is 1.88. The molecule has 1 fully saturated rings. The Balaban J connectivity index is 1.81. The largest absolute Gasteiger partial charge is 0.463 e. The molecule has 0 spiro atoms. The Kier molecular flexibility index (Phi) is 3.71. The molecule has 1 amide bonds. The zero-order valence-electron chi connectivity index (χ0n) is 11.5. The number of rotatable bonds is 3. The van der Waals surface area contributed by atoms with Crippen molar-refractivity contribution in [2.45, 2.75) is 6.10 Å². The van der Waals surface area contributed by atoms with Crippen molar-refractivity contribution < 1.29 is 13.9 Å². The molecule has 1 atom stereocenters. The van der Waals surface area contributed by atoms with Gasteiger partial charge in [0.2, 0.25) is 0 Å². The van der Waals surface area contributed by atoms with Crippen molar-refractivity contribution in [1.82, 2.24) is 10.2 Å². The van der Waals surface area contributed by atoms with Gasteiger partial charge in [0, 0.05) is 25.0 Å². The van der Waals surface area contributed by atoms with E-state index in [0.29, 0.717) is 25.3 Å². The van der Waals surface area contributed by atoms with E-state index in [1.54, 1.807) is 6.26 Å². The van der Waals surface area contributed by atoms with Crippen molar-refractivity contribution in [2.24, 2.45) is 0 Å². The smallest absolute Gasteiger partial charge is 0.257 e. The van der Waals surface area contributed by atoms with E-state index >= 15 is 0 Å². The molecule has 1 aromatic heterocycles. The maximum absolute atomic E-state index is 12.6. The highest BCUT2D eigenvalue weighted by atomic mass is 16.5. The first-order valence-corrected chi connectivity index (χ1v) is 6.81. The van der Waals surface area contributed by atoms with Crippen LogP contribution in [0.25, 0.3) is 11.0 Å². The second-order valence-corrected chi connectivity index (χ2v) is 4.95. The van der Waals surface area contributed by atoms with Gasteiger partial charge in [0.15, 0.2) is 0 Å². The van der Waals surface area contributed by atoms with Crippen molar-refractivity contribution >= 4 is 16.9 Å². The number of carbonyl (C=O) groups is 1. The Hall–Kier alpha value is -1.85. The summed E-state index contributed by atoms with van der Waals surface area (Å²) in [4.78, 5) is 14.5. The lowest BCUT2D eigenvalue weighted by Crippen LogP contribution is -2.48. The standard InChI is InChI=1S/C15H18N2O3/c1-16-8-11-9-17(6-7-19-11)15(18)13-10-20-14-5-3-2-4-12(13)14/h2-5,10-11,16H,6-9H2,1H3. The molecule has 1 aliphatic rings. The third-order valence-corrected chi connectivity index (χ3v) is 3.57. The summed E-state index contributed by atoms with van der Waals surface area (Å²) in [5.74, 6) is 0.0133. The number of likely N-dealkylation sites (N-methyl/N-ethyl adjacent to an activating group) is 1. The summed E-state index contributed by atoms with van der Waals surface area (Å²) in [5, 5.41) is 3.95. The third kappa shape index (κ3) is 2.42. The molecule has 1 unspecified atom stereocenters. The molecular weight excluding hydrogens is 256 g/mol. The van der Waals surface area contributed by atoms with Gasteiger partial charge in [0.05, 0.1) is 18.3 Å². The molecule has 0 radical (unpaired) electrons. The Labute approximate surface area is 117 Å². The number of nitrogens with one attached hydrogen (secondary N) is 1. The van der Waals surface area contributed by atoms with Crippen LogP contribution in [-0.2, 0) is 4.74 Å². The molecule has 20 heavy (non-hydrogen) atoms. The third-order valence-electron chi connectivity index (χ3n) is 3.57. The number of ether oxygens (including phenoxy) is 1. The highest BCUT2D eigenvalue weighted by Gasteiger charge is 2.26. The average molecular weight is 274 g/mol. The minimum atomic E-state index is 0.0133. The molecule has 1 aliphatic heterocycles. The van der Waals surface area contributed by atoms with E-state index in [4.69, 9.17) is 9.15 Å². The van der Waals surface area contributed by atoms with Crippen molar-refractivity contribution in [3.63, 3.8) is 0 Å². The lowest BCUT2D eigenvalue weighted by Gasteiger charge is -2.32. The van der Waals surface area contributed by atoms with Crippen LogP contribution in [0, 0.1) is 0 Å². The molecule has 3 rings (SSSR count). The highest BCUT2D eigenvalue weighted by molar-refractivity contribution is 6.05. The number of morpholine rings is 1. The minimum absolute atomic E-state index is 0.0133. The Morgan fingerprint density at radius 2 is 2.30 bits per heavy atom. The normalized spacial score (nSPS) is 19.4. The van der Waals surface area contributed by atoms with Crippen LogP contribution in [0.4, 0.5) is 0 Å². The van der Waals surface area contributed by atoms with Crippen LogP contribution < -0.4 is 5.32 Å². The van der Waals surface area contributed by atoms with E-state index in [0.717, 1.165) is 17.5 Å². The molecule has 1 aromatic carbocycles. The second kappa shape index (κ2) is 5.64. The highest BCUT2D eigenvalue weighted by Crippen LogP contribution is 2.22. The molecule has 2 heterocycles. The predicted molar refractivity (Wildman–Crippen MR) is 75.8 cm³/mol. The summed E-state index contributed by atoms with van der Waals surface area (Å²) in [6, 6.07) is 7.60. The molecule has 0 bridgehead atoms. The van der Waals surface area contributed by atoms with E-state index in [1.807, 2.05) is 36.2 Å². The van der Waals surface area contributed by atoms with Gasteiger partial charge in [-0.1, -0.05) is 18.2 Å². The predicted octanol–water partition coefficient (Wildman–Crippen LogP) is 1.49. The topological polar surface area (TPSA) is 54.7 Å². The van der Waals surface area contributed by atoms with Crippen LogP contribution in [-0.4, -0.2) is 50.2 Å². The van der Waals surface area contributed by atoms with E-state index in [2.05, 4.69) is 5.32 Å². The number of fused-ring (bicyclic) bond motifs is 1. The maximum atomic E-state index is 12.6. The number of nitrogens with zero attached hydrogens (tertiary/aromatic N) is 1. The molecule has 1 saturated heterocycles. The first-order valence-electron chi connectivity index (χ1n) is 6.81. The van der Waals surface area contributed by atoms with E-state index in [-0.39, 0.29) is 12.0 Å². The monoisotopic (exact) mass is 274 g/mol. The first kappa shape index (κ1) is 13.1.